The lowest BCUT2D eigenvalue weighted by Crippen LogP contribution is -2.27. The monoisotopic (exact) mass is 425 g/mol. The molecule has 0 saturated carbocycles. The first-order valence-corrected chi connectivity index (χ1v) is 10.1. The van der Waals surface area contributed by atoms with Gasteiger partial charge in [-0.2, -0.15) is 0 Å². The van der Waals surface area contributed by atoms with Crippen LogP contribution in [0.15, 0.2) is 35.5 Å². The van der Waals surface area contributed by atoms with E-state index >= 15 is 0 Å². The van der Waals surface area contributed by atoms with Gasteiger partial charge >= 0.3 is 0 Å². The Hall–Kier alpha value is -3.35. The van der Waals surface area contributed by atoms with E-state index in [0.717, 1.165) is 40.9 Å². The standard InChI is InChI=1S/C24H27NO6/c1-27-18-11-14-16(12-19(18)28-2)25-15-7-6-8-17(26)23(15)22(14)13-9-20(29-3)24(31-5)21(10-13)30-4/h9-12,22,25H,6-8H2,1-5H3/t22-/m1/s1. The van der Waals surface area contributed by atoms with Gasteiger partial charge < -0.3 is 29.0 Å². The van der Waals surface area contributed by atoms with Gasteiger partial charge in [0, 0.05) is 35.4 Å². The normalized spacial score (nSPS) is 17.3. The topological polar surface area (TPSA) is 75.2 Å². The fraction of sp³-hybridized carbons (Fsp3) is 0.375. The number of carbonyl (C=O) groups is 1. The first-order valence-electron chi connectivity index (χ1n) is 10.1. The molecule has 2 aromatic carbocycles. The molecule has 164 valence electrons. The van der Waals surface area contributed by atoms with Crippen LogP contribution in [0.3, 0.4) is 0 Å². The Balaban J connectivity index is 1.99. The Bertz CT molecular complexity index is 1030. The van der Waals surface area contributed by atoms with E-state index in [9.17, 15) is 4.79 Å². The molecule has 1 atom stereocenters. The molecule has 0 saturated heterocycles. The fourth-order valence-corrected chi connectivity index (χ4v) is 4.50. The minimum absolute atomic E-state index is 0.146. The summed E-state index contributed by atoms with van der Waals surface area (Å²) >= 11 is 0. The van der Waals surface area contributed by atoms with Crippen LogP contribution >= 0.6 is 0 Å². The highest BCUT2D eigenvalue weighted by molar-refractivity contribution is 6.01. The molecule has 0 amide bonds. The average Bonchev–Trinajstić information content (AvgIpc) is 2.80. The molecule has 31 heavy (non-hydrogen) atoms. The number of benzene rings is 2. The number of ketones is 1. The molecule has 2 aliphatic rings. The number of allylic oxidation sites excluding steroid dienone is 2. The summed E-state index contributed by atoms with van der Waals surface area (Å²) in [5.41, 5.74) is 4.44. The molecule has 1 aliphatic heterocycles. The minimum Gasteiger partial charge on any atom is -0.493 e. The Morgan fingerprint density at radius 1 is 0.774 bits per heavy atom. The summed E-state index contributed by atoms with van der Waals surface area (Å²) in [4.78, 5) is 13.1. The number of Topliss-reactive ketones (excluding diaryl/α,β-unsaturated/α-hetero) is 1. The summed E-state index contributed by atoms with van der Waals surface area (Å²) in [6.45, 7) is 0. The third-order valence-corrected chi connectivity index (χ3v) is 5.92. The Labute approximate surface area is 181 Å². The van der Waals surface area contributed by atoms with Crippen molar-refractivity contribution in [1.29, 1.82) is 0 Å². The van der Waals surface area contributed by atoms with E-state index in [2.05, 4.69) is 5.32 Å². The lowest BCUT2D eigenvalue weighted by molar-refractivity contribution is -0.116. The van der Waals surface area contributed by atoms with E-state index < -0.39 is 0 Å². The molecular weight excluding hydrogens is 398 g/mol. The molecule has 7 heteroatoms. The molecule has 1 N–H and O–H groups in total. The van der Waals surface area contributed by atoms with Crippen LogP contribution in [0.5, 0.6) is 28.7 Å². The van der Waals surface area contributed by atoms with Gasteiger partial charge in [0.15, 0.2) is 28.8 Å². The lowest BCUT2D eigenvalue weighted by atomic mass is 9.75. The number of methoxy groups -OCH3 is 5. The highest BCUT2D eigenvalue weighted by Crippen LogP contribution is 2.51. The molecule has 0 aromatic heterocycles. The maximum Gasteiger partial charge on any atom is 0.203 e. The van der Waals surface area contributed by atoms with Gasteiger partial charge in [0.05, 0.1) is 35.5 Å². The van der Waals surface area contributed by atoms with E-state index in [0.29, 0.717) is 35.2 Å². The molecule has 0 unspecified atom stereocenters. The molecule has 0 fully saturated rings. The third kappa shape index (κ3) is 3.44. The molecule has 0 spiro atoms. The van der Waals surface area contributed by atoms with Crippen molar-refractivity contribution in [2.45, 2.75) is 25.2 Å². The van der Waals surface area contributed by atoms with Crippen molar-refractivity contribution in [3.63, 3.8) is 0 Å². The second-order valence-electron chi connectivity index (χ2n) is 7.48. The molecule has 0 bridgehead atoms. The molecule has 2 aromatic rings. The Kier molecular flexibility index (Phi) is 5.67. The molecule has 1 heterocycles. The summed E-state index contributed by atoms with van der Waals surface area (Å²) in [7, 11) is 7.95. The predicted molar refractivity (Wildman–Crippen MR) is 117 cm³/mol. The number of ether oxygens (including phenoxy) is 5. The van der Waals surface area contributed by atoms with Gasteiger partial charge in [0.1, 0.15) is 0 Å². The average molecular weight is 425 g/mol. The summed E-state index contributed by atoms with van der Waals surface area (Å²) in [5, 5.41) is 3.47. The van der Waals surface area contributed by atoms with Crippen molar-refractivity contribution in [3.8, 4) is 28.7 Å². The van der Waals surface area contributed by atoms with Gasteiger partial charge in [-0.05, 0) is 42.2 Å². The SMILES string of the molecule is COc1cc2c(cc1OC)[C@@H](c1cc(OC)c(OC)c(OC)c1)C1=C(CCCC1=O)N2. The van der Waals surface area contributed by atoms with Gasteiger partial charge in [-0.25, -0.2) is 0 Å². The van der Waals surface area contributed by atoms with Crippen LogP contribution in [0, 0.1) is 0 Å². The quantitative estimate of drug-likeness (QED) is 0.740. The zero-order valence-electron chi connectivity index (χ0n) is 18.5. The minimum atomic E-state index is -0.299. The number of carbonyl (C=O) groups excluding carboxylic acids is 1. The van der Waals surface area contributed by atoms with Crippen LogP contribution in [0.1, 0.15) is 36.3 Å². The van der Waals surface area contributed by atoms with Gasteiger partial charge in [0.25, 0.3) is 0 Å². The van der Waals surface area contributed by atoms with Crippen LogP contribution < -0.4 is 29.0 Å². The zero-order chi connectivity index (χ0) is 22.1. The van der Waals surface area contributed by atoms with Crippen LogP contribution in [-0.4, -0.2) is 41.3 Å². The summed E-state index contributed by atoms with van der Waals surface area (Å²) in [6.07, 6.45) is 2.18. The Morgan fingerprint density at radius 2 is 1.39 bits per heavy atom. The second-order valence-corrected chi connectivity index (χ2v) is 7.48. The second kappa shape index (κ2) is 8.41. The molecule has 4 rings (SSSR count). The number of fused-ring (bicyclic) bond motifs is 1. The number of hydrogen-bond donors (Lipinski definition) is 1. The van der Waals surface area contributed by atoms with Gasteiger partial charge in [-0.3, -0.25) is 4.79 Å². The van der Waals surface area contributed by atoms with Crippen LogP contribution in [0.25, 0.3) is 0 Å². The van der Waals surface area contributed by atoms with Crippen molar-refractivity contribution in [2.75, 3.05) is 40.9 Å². The van der Waals surface area contributed by atoms with Crippen molar-refractivity contribution >= 4 is 11.5 Å². The predicted octanol–water partition coefficient (Wildman–Crippen LogP) is 4.29. The van der Waals surface area contributed by atoms with Crippen molar-refractivity contribution in [1.82, 2.24) is 0 Å². The maximum atomic E-state index is 13.1. The third-order valence-electron chi connectivity index (χ3n) is 5.92. The van der Waals surface area contributed by atoms with Gasteiger partial charge in [0.2, 0.25) is 5.75 Å². The van der Waals surface area contributed by atoms with E-state index in [1.165, 1.54) is 0 Å². The zero-order valence-corrected chi connectivity index (χ0v) is 18.5. The van der Waals surface area contributed by atoms with Crippen molar-refractivity contribution in [3.05, 3.63) is 46.7 Å². The van der Waals surface area contributed by atoms with Crippen LogP contribution in [0.4, 0.5) is 5.69 Å². The smallest absolute Gasteiger partial charge is 0.203 e. The number of hydrogen-bond acceptors (Lipinski definition) is 7. The number of nitrogens with one attached hydrogen (secondary N) is 1. The van der Waals surface area contributed by atoms with E-state index in [4.69, 9.17) is 23.7 Å². The molecular formula is C24H27NO6. The van der Waals surface area contributed by atoms with Crippen molar-refractivity contribution in [2.24, 2.45) is 0 Å². The lowest BCUT2D eigenvalue weighted by Gasteiger charge is -2.35. The highest BCUT2D eigenvalue weighted by atomic mass is 16.5. The van der Waals surface area contributed by atoms with E-state index in [-0.39, 0.29) is 11.7 Å². The fourth-order valence-electron chi connectivity index (χ4n) is 4.50. The Morgan fingerprint density at radius 3 is 1.97 bits per heavy atom. The molecule has 7 nitrogen and oxygen atoms in total. The molecule has 0 radical (unpaired) electrons. The first kappa shape index (κ1) is 20.9. The van der Waals surface area contributed by atoms with Crippen LogP contribution in [-0.2, 0) is 4.79 Å². The number of rotatable bonds is 6. The van der Waals surface area contributed by atoms with Gasteiger partial charge in [-0.1, -0.05) is 0 Å². The first-order chi connectivity index (χ1) is 15.1. The maximum absolute atomic E-state index is 13.1. The number of anilines is 1. The van der Waals surface area contributed by atoms with Crippen molar-refractivity contribution < 1.29 is 28.5 Å². The highest BCUT2D eigenvalue weighted by Gasteiger charge is 2.37. The summed E-state index contributed by atoms with van der Waals surface area (Å²) in [5.74, 6) is 2.68. The van der Waals surface area contributed by atoms with E-state index in [1.54, 1.807) is 35.5 Å². The largest absolute Gasteiger partial charge is 0.493 e. The molecule has 1 aliphatic carbocycles. The van der Waals surface area contributed by atoms with Crippen LogP contribution in [0.2, 0.25) is 0 Å². The van der Waals surface area contributed by atoms with E-state index in [1.807, 2.05) is 24.3 Å². The van der Waals surface area contributed by atoms with Gasteiger partial charge in [-0.15, -0.1) is 0 Å². The summed E-state index contributed by atoms with van der Waals surface area (Å²) in [6, 6.07) is 7.66. The summed E-state index contributed by atoms with van der Waals surface area (Å²) < 4.78 is 27.7.